The van der Waals surface area contributed by atoms with Gasteiger partial charge in [0.15, 0.2) is 11.6 Å². The van der Waals surface area contributed by atoms with E-state index in [4.69, 9.17) is 9.72 Å². The quantitative estimate of drug-likeness (QED) is 0.203. The summed E-state index contributed by atoms with van der Waals surface area (Å²) >= 11 is 0. The van der Waals surface area contributed by atoms with Gasteiger partial charge in [0.2, 0.25) is 11.8 Å². The van der Waals surface area contributed by atoms with Crippen LogP contribution in [0.2, 0.25) is 0 Å². The number of ether oxygens (including phenoxy) is 1. The maximum absolute atomic E-state index is 15.6. The van der Waals surface area contributed by atoms with Crippen LogP contribution in [0.3, 0.4) is 0 Å². The second-order valence-electron chi connectivity index (χ2n) is 12.4. The molecule has 2 aliphatic carbocycles. The summed E-state index contributed by atoms with van der Waals surface area (Å²) in [6, 6.07) is 13.4. The molecule has 2 aromatic carbocycles. The summed E-state index contributed by atoms with van der Waals surface area (Å²) in [5, 5.41) is 5.34. The van der Waals surface area contributed by atoms with Gasteiger partial charge in [-0.2, -0.15) is 0 Å². The van der Waals surface area contributed by atoms with Crippen LogP contribution in [0, 0.1) is 17.0 Å². The van der Waals surface area contributed by atoms with Gasteiger partial charge in [-0.05, 0) is 104 Å². The Hall–Kier alpha value is -5.42. The van der Waals surface area contributed by atoms with Crippen LogP contribution in [0.1, 0.15) is 24.8 Å². The van der Waals surface area contributed by atoms with Crippen LogP contribution < -0.4 is 20.3 Å². The average Bonchev–Trinajstić information content (AvgIpc) is 3.93. The zero-order valence-corrected chi connectivity index (χ0v) is 27.5. The second-order valence-corrected chi connectivity index (χ2v) is 12.4. The van der Waals surface area contributed by atoms with Crippen molar-refractivity contribution < 1.29 is 23.1 Å². The predicted octanol–water partition coefficient (Wildman–Crippen LogP) is 6.40. The molecule has 3 aromatic rings. The van der Waals surface area contributed by atoms with E-state index in [0.29, 0.717) is 36.3 Å². The molecule has 1 saturated carbocycles. The first-order chi connectivity index (χ1) is 23.6. The summed E-state index contributed by atoms with van der Waals surface area (Å²) in [5.41, 5.74) is 2.43. The lowest BCUT2D eigenvalue weighted by molar-refractivity contribution is -0.131. The molecule has 1 aromatic heterocycles. The summed E-state index contributed by atoms with van der Waals surface area (Å²) in [7, 11) is 3.77. The van der Waals surface area contributed by atoms with Crippen molar-refractivity contribution in [3.05, 3.63) is 120 Å². The van der Waals surface area contributed by atoms with E-state index in [2.05, 4.69) is 39.1 Å². The van der Waals surface area contributed by atoms with Crippen molar-refractivity contribution in [2.24, 2.45) is 10.4 Å². The van der Waals surface area contributed by atoms with Crippen molar-refractivity contribution in [1.29, 1.82) is 0 Å². The zero-order valence-electron chi connectivity index (χ0n) is 27.5. The van der Waals surface area contributed by atoms with Crippen molar-refractivity contribution in [2.75, 3.05) is 55.8 Å². The third-order valence-corrected chi connectivity index (χ3v) is 8.93. The molecule has 0 bridgehead atoms. The molecule has 1 saturated heterocycles. The molecule has 6 rings (SSSR count). The third-order valence-electron chi connectivity index (χ3n) is 8.93. The highest BCUT2D eigenvalue weighted by molar-refractivity contribution is 6.16. The lowest BCUT2D eigenvalue weighted by atomic mass is 10.0. The van der Waals surface area contributed by atoms with Gasteiger partial charge < -0.3 is 25.2 Å². The van der Waals surface area contributed by atoms with E-state index in [0.717, 1.165) is 54.8 Å². The number of allylic oxidation sites excluding steroid dienone is 5. The van der Waals surface area contributed by atoms with Crippen LogP contribution in [0.15, 0.2) is 107 Å². The summed E-state index contributed by atoms with van der Waals surface area (Å²) in [6.45, 7) is 8.04. The van der Waals surface area contributed by atoms with Gasteiger partial charge in [0, 0.05) is 68.7 Å². The third kappa shape index (κ3) is 7.68. The van der Waals surface area contributed by atoms with Gasteiger partial charge in [-0.15, -0.1) is 0 Å². The van der Waals surface area contributed by atoms with Gasteiger partial charge in [-0.25, -0.2) is 13.8 Å². The topological polar surface area (TPSA) is 99.2 Å². The number of likely N-dealkylation sites (N-methyl/N-ethyl adjacent to an activating group) is 1. The first kappa shape index (κ1) is 33.5. The Balaban J connectivity index is 1.19. The van der Waals surface area contributed by atoms with Crippen molar-refractivity contribution in [3.63, 3.8) is 0 Å². The lowest BCUT2D eigenvalue weighted by Gasteiger charge is -2.33. The molecule has 252 valence electrons. The van der Waals surface area contributed by atoms with Gasteiger partial charge in [-0.3, -0.25) is 14.6 Å². The maximum atomic E-state index is 15.6. The monoisotopic (exact) mass is 664 g/mol. The number of hydrogen-bond donors (Lipinski definition) is 2. The van der Waals surface area contributed by atoms with Gasteiger partial charge in [0.05, 0.1) is 0 Å². The van der Waals surface area contributed by atoms with Gasteiger partial charge in [0.1, 0.15) is 22.8 Å². The molecule has 0 radical (unpaired) electrons. The Bertz CT molecular complexity index is 1870. The smallest absolute Gasteiger partial charge is 0.240 e. The van der Waals surface area contributed by atoms with E-state index >= 15 is 4.39 Å². The fourth-order valence-electron chi connectivity index (χ4n) is 5.71. The van der Waals surface area contributed by atoms with Gasteiger partial charge >= 0.3 is 0 Å². The van der Waals surface area contributed by atoms with Crippen LogP contribution in [0.25, 0.3) is 5.57 Å². The number of benzene rings is 2. The number of aromatic nitrogens is 1. The Labute approximate surface area is 284 Å². The van der Waals surface area contributed by atoms with E-state index in [9.17, 15) is 14.0 Å². The largest absolute Gasteiger partial charge is 0.454 e. The number of hydrogen-bond acceptors (Lipinski definition) is 7. The van der Waals surface area contributed by atoms with Crippen molar-refractivity contribution in [1.82, 2.24) is 9.88 Å². The Morgan fingerprint density at radius 3 is 2.31 bits per heavy atom. The van der Waals surface area contributed by atoms with Crippen LogP contribution in [-0.2, 0) is 9.59 Å². The number of aliphatic imine (C=N–C) groups is 1. The number of piperazine rings is 1. The molecule has 1 aliphatic heterocycles. The fraction of sp³-hybridized carbons (Fsp3) is 0.263. The minimum Gasteiger partial charge on any atom is -0.454 e. The molecule has 2 N–H and O–H groups in total. The molecule has 49 heavy (non-hydrogen) atoms. The molecule has 3 aliphatic rings. The number of nitrogens with one attached hydrogen (secondary N) is 2. The van der Waals surface area contributed by atoms with Crippen molar-refractivity contribution in [2.45, 2.75) is 19.3 Å². The van der Waals surface area contributed by atoms with E-state index in [1.54, 1.807) is 19.3 Å². The van der Waals surface area contributed by atoms with E-state index in [1.165, 1.54) is 36.4 Å². The zero-order chi connectivity index (χ0) is 34.5. The Morgan fingerprint density at radius 2 is 1.67 bits per heavy atom. The number of rotatable bonds is 9. The highest BCUT2D eigenvalue weighted by Crippen LogP contribution is 2.47. The van der Waals surface area contributed by atoms with Crippen LogP contribution in [0.5, 0.6) is 5.75 Å². The van der Waals surface area contributed by atoms with Gasteiger partial charge in [-0.1, -0.05) is 12.7 Å². The van der Waals surface area contributed by atoms with E-state index in [-0.39, 0.29) is 11.4 Å². The average molecular weight is 665 g/mol. The minimum absolute atomic E-state index is 0.0589. The van der Waals surface area contributed by atoms with Crippen LogP contribution >= 0.6 is 0 Å². The molecular formula is C38H38F2N6O3. The molecule has 9 nitrogen and oxygen atoms in total. The maximum Gasteiger partial charge on any atom is 0.240 e. The van der Waals surface area contributed by atoms with Crippen molar-refractivity contribution in [3.8, 4) is 5.75 Å². The Kier molecular flexibility index (Phi) is 9.82. The van der Waals surface area contributed by atoms with Gasteiger partial charge in [0.25, 0.3) is 0 Å². The molecule has 11 heteroatoms. The number of carbonyl (C=O) groups excluding carboxylic acids is 2. The lowest BCUT2D eigenvalue weighted by Crippen LogP contribution is -2.44. The molecule has 0 atom stereocenters. The summed E-state index contributed by atoms with van der Waals surface area (Å²) < 4.78 is 35.0. The number of nitrogens with zero attached hydrogens (tertiary/aromatic N) is 4. The molecule has 0 spiro atoms. The molecule has 2 fully saturated rings. The highest BCUT2D eigenvalue weighted by atomic mass is 19.1. The predicted molar refractivity (Wildman–Crippen MR) is 189 cm³/mol. The van der Waals surface area contributed by atoms with E-state index < -0.39 is 28.9 Å². The summed E-state index contributed by atoms with van der Waals surface area (Å²) in [6.07, 6.45) is 10.3. The number of carbonyl (C=O) groups is 2. The first-order valence-electron chi connectivity index (χ1n) is 16.1. The van der Waals surface area contributed by atoms with Crippen molar-refractivity contribution >= 4 is 40.8 Å². The Morgan fingerprint density at radius 1 is 0.980 bits per heavy atom. The summed E-state index contributed by atoms with van der Waals surface area (Å²) in [4.78, 5) is 39.5. The standard InChI is InChI=1S/C38H38F2N6O3/c1-25-4-5-26(27-6-13-35(42-24-27)46-20-18-45(3)19-21-46)22-34(31(25)14-17-41-2)49-33-12-11-30(23-32(33)40)44-37(48)38(15-16-38)36(47)43-29-9-7-28(39)8-10-29/h5-14,17,22-24H,1,4,15-16,18-21H2,2-3H3,(H,43,47)(H,44,48)/b31-14+,41-17?. The fourth-order valence-corrected chi connectivity index (χ4v) is 5.71. The first-order valence-corrected chi connectivity index (χ1v) is 16.1. The summed E-state index contributed by atoms with van der Waals surface area (Å²) in [5.74, 6) is -0.949. The van der Waals surface area contributed by atoms with E-state index in [1.807, 2.05) is 30.5 Å². The number of pyridine rings is 1. The SMILES string of the molecule is C=C1CC=C(c2ccc(N3CCN(C)CC3)nc2)C=C(Oc2ccc(NC(=O)C3(C(=O)Nc4ccc(F)cc4)CC3)cc2F)/C1=C/C=NC. The number of anilines is 3. The van der Waals surface area contributed by atoms with Crippen LogP contribution in [0.4, 0.5) is 26.0 Å². The normalized spacial score (nSPS) is 18.5. The molecular weight excluding hydrogens is 626 g/mol. The number of amides is 2. The minimum atomic E-state index is -1.29. The molecule has 2 amide bonds. The van der Waals surface area contributed by atoms with Crippen LogP contribution in [-0.4, -0.2) is 68.2 Å². The highest BCUT2D eigenvalue weighted by Gasteiger charge is 2.56. The molecule has 2 heterocycles. The second kappa shape index (κ2) is 14.4. The molecule has 0 unspecified atom stereocenters. The number of halogens is 2.